The average Bonchev–Trinajstić information content (AvgIpc) is 2.63. The highest BCUT2D eigenvalue weighted by molar-refractivity contribution is 9.12. The summed E-state index contributed by atoms with van der Waals surface area (Å²) < 4.78 is 1.65. The van der Waals surface area contributed by atoms with Crippen molar-refractivity contribution >= 4 is 66.4 Å². The van der Waals surface area contributed by atoms with Crippen LogP contribution in [0.25, 0.3) is 0 Å². The molecule has 0 fully saturated rings. The molecule has 2 rings (SSSR count). The summed E-state index contributed by atoms with van der Waals surface area (Å²) in [4.78, 5) is 16.1. The van der Waals surface area contributed by atoms with Crippen LogP contribution >= 0.6 is 54.8 Å². The molecule has 0 saturated carbocycles. The fraction of sp³-hybridized carbons (Fsp3) is 0.0909. The van der Waals surface area contributed by atoms with Gasteiger partial charge in [-0.05, 0) is 56.5 Å². The van der Waals surface area contributed by atoms with Crippen molar-refractivity contribution in [2.75, 3.05) is 5.32 Å². The molecule has 1 N–H and O–H groups in total. The molecule has 0 bridgehead atoms. The van der Waals surface area contributed by atoms with Crippen LogP contribution in [0.2, 0.25) is 5.15 Å². The van der Waals surface area contributed by atoms with E-state index in [1.807, 2.05) is 6.92 Å². The Bertz CT molecular complexity index is 615. The number of halogens is 3. The highest BCUT2D eigenvalue weighted by atomic mass is 79.9. The zero-order chi connectivity index (χ0) is 13.3. The van der Waals surface area contributed by atoms with E-state index in [-0.39, 0.29) is 11.1 Å². The number of hydrogen-bond acceptors (Lipinski definition) is 3. The number of nitrogens with one attached hydrogen (secondary N) is 1. The van der Waals surface area contributed by atoms with Gasteiger partial charge in [0.05, 0.1) is 18.8 Å². The van der Waals surface area contributed by atoms with Crippen molar-refractivity contribution in [1.29, 1.82) is 0 Å². The minimum absolute atomic E-state index is 0.224. The first-order chi connectivity index (χ1) is 8.47. The van der Waals surface area contributed by atoms with Gasteiger partial charge < -0.3 is 5.32 Å². The molecule has 0 unspecified atom stereocenters. The summed E-state index contributed by atoms with van der Waals surface area (Å²) in [6.45, 7) is 1.89. The molecule has 0 aliphatic carbocycles. The SMILES string of the molecule is Cc1cnc(Cl)c(NC(=O)c2cc(Br)sc2Br)c1. The predicted octanol–water partition coefficient (Wildman–Crippen LogP) is 4.88. The summed E-state index contributed by atoms with van der Waals surface area (Å²) >= 11 is 14.0. The van der Waals surface area contributed by atoms with Crippen LogP contribution < -0.4 is 5.32 Å². The van der Waals surface area contributed by atoms with Crippen LogP contribution in [0.1, 0.15) is 15.9 Å². The maximum absolute atomic E-state index is 12.1. The predicted molar refractivity (Wildman–Crippen MR) is 81.7 cm³/mol. The third-order valence-corrected chi connectivity index (χ3v) is 4.77. The second-order valence-electron chi connectivity index (χ2n) is 3.54. The van der Waals surface area contributed by atoms with Gasteiger partial charge in [-0.15, -0.1) is 11.3 Å². The van der Waals surface area contributed by atoms with Crippen molar-refractivity contribution in [3.05, 3.63) is 42.2 Å². The largest absolute Gasteiger partial charge is 0.319 e. The van der Waals surface area contributed by atoms with E-state index in [2.05, 4.69) is 42.2 Å². The summed E-state index contributed by atoms with van der Waals surface area (Å²) in [6.07, 6.45) is 1.65. The molecule has 1 amide bonds. The van der Waals surface area contributed by atoms with Crippen molar-refractivity contribution in [3.63, 3.8) is 0 Å². The van der Waals surface area contributed by atoms with E-state index in [1.165, 1.54) is 11.3 Å². The van der Waals surface area contributed by atoms with Gasteiger partial charge in [0.2, 0.25) is 0 Å². The van der Waals surface area contributed by atoms with Crippen molar-refractivity contribution in [2.45, 2.75) is 6.92 Å². The van der Waals surface area contributed by atoms with E-state index in [1.54, 1.807) is 18.3 Å². The number of carbonyl (C=O) groups is 1. The third-order valence-electron chi connectivity index (χ3n) is 2.13. The minimum Gasteiger partial charge on any atom is -0.319 e. The van der Waals surface area contributed by atoms with Crippen LogP contribution in [-0.2, 0) is 0 Å². The number of aromatic nitrogens is 1. The fourth-order valence-electron chi connectivity index (χ4n) is 1.32. The zero-order valence-corrected chi connectivity index (χ0v) is 13.9. The molecule has 2 heterocycles. The van der Waals surface area contributed by atoms with Gasteiger partial charge in [0, 0.05) is 6.20 Å². The molecule has 2 aromatic heterocycles. The highest BCUT2D eigenvalue weighted by Crippen LogP contribution is 2.32. The standard InChI is InChI=1S/C11H7Br2ClN2OS/c1-5-2-7(10(14)15-4-5)16-11(17)6-3-8(12)18-9(6)13/h2-4H,1H3,(H,16,17). The smallest absolute Gasteiger partial charge is 0.257 e. The molecule has 0 aliphatic heterocycles. The van der Waals surface area contributed by atoms with Gasteiger partial charge >= 0.3 is 0 Å². The summed E-state index contributed by atoms with van der Waals surface area (Å²) in [5, 5.41) is 3.02. The fourth-order valence-corrected chi connectivity index (χ4v) is 4.27. The Morgan fingerprint density at radius 3 is 2.78 bits per heavy atom. The minimum atomic E-state index is -0.224. The number of anilines is 1. The Hall–Kier alpha value is -0.430. The summed E-state index contributed by atoms with van der Waals surface area (Å²) in [7, 11) is 0. The molecule has 18 heavy (non-hydrogen) atoms. The van der Waals surface area contributed by atoms with Crippen LogP contribution in [-0.4, -0.2) is 10.9 Å². The van der Waals surface area contributed by atoms with Gasteiger partial charge in [-0.2, -0.15) is 0 Å². The summed E-state index contributed by atoms with van der Waals surface area (Å²) in [5.41, 5.74) is 2.00. The number of rotatable bonds is 2. The number of carbonyl (C=O) groups excluding carboxylic acids is 1. The molecular formula is C11H7Br2ClN2OS. The lowest BCUT2D eigenvalue weighted by Gasteiger charge is -2.06. The maximum Gasteiger partial charge on any atom is 0.257 e. The Morgan fingerprint density at radius 1 is 1.44 bits per heavy atom. The van der Waals surface area contributed by atoms with Crippen LogP contribution in [0, 0.1) is 6.92 Å². The van der Waals surface area contributed by atoms with Gasteiger partial charge in [-0.25, -0.2) is 4.98 Å². The Kier molecular flexibility index (Phi) is 4.42. The number of aryl methyl sites for hydroxylation is 1. The van der Waals surface area contributed by atoms with E-state index < -0.39 is 0 Å². The van der Waals surface area contributed by atoms with Crippen LogP contribution in [0.3, 0.4) is 0 Å². The number of amides is 1. The van der Waals surface area contributed by atoms with Crippen molar-refractivity contribution in [2.24, 2.45) is 0 Å². The second-order valence-corrected chi connectivity index (χ2v) is 7.65. The summed E-state index contributed by atoms with van der Waals surface area (Å²) in [6, 6.07) is 3.53. The summed E-state index contributed by atoms with van der Waals surface area (Å²) in [5.74, 6) is -0.224. The Morgan fingerprint density at radius 2 is 2.17 bits per heavy atom. The van der Waals surface area contributed by atoms with Crippen LogP contribution in [0.5, 0.6) is 0 Å². The second kappa shape index (κ2) is 5.69. The third kappa shape index (κ3) is 3.12. The first-order valence-electron chi connectivity index (χ1n) is 4.85. The quantitative estimate of drug-likeness (QED) is 0.717. The molecule has 2 aromatic rings. The molecule has 7 heteroatoms. The lowest BCUT2D eigenvalue weighted by molar-refractivity contribution is 0.102. The van der Waals surface area contributed by atoms with Gasteiger partial charge in [0.1, 0.15) is 0 Å². The number of thiophene rings is 1. The van der Waals surface area contributed by atoms with Gasteiger partial charge in [0.15, 0.2) is 5.15 Å². The van der Waals surface area contributed by atoms with Crippen LogP contribution in [0.4, 0.5) is 5.69 Å². The maximum atomic E-state index is 12.1. The number of pyridine rings is 1. The lowest BCUT2D eigenvalue weighted by atomic mass is 10.2. The van der Waals surface area contributed by atoms with Crippen molar-refractivity contribution in [3.8, 4) is 0 Å². The van der Waals surface area contributed by atoms with E-state index in [0.29, 0.717) is 11.3 Å². The van der Waals surface area contributed by atoms with E-state index in [4.69, 9.17) is 11.6 Å². The normalized spacial score (nSPS) is 10.4. The van der Waals surface area contributed by atoms with Crippen LogP contribution in [0.15, 0.2) is 25.9 Å². The molecule has 0 saturated heterocycles. The highest BCUT2D eigenvalue weighted by Gasteiger charge is 2.15. The molecule has 94 valence electrons. The lowest BCUT2D eigenvalue weighted by Crippen LogP contribution is -2.12. The van der Waals surface area contributed by atoms with E-state index in [0.717, 1.165) is 13.1 Å². The zero-order valence-electron chi connectivity index (χ0n) is 9.13. The van der Waals surface area contributed by atoms with Crippen molar-refractivity contribution < 1.29 is 4.79 Å². The molecule has 0 radical (unpaired) electrons. The molecular weight excluding hydrogens is 403 g/mol. The van der Waals surface area contributed by atoms with Gasteiger partial charge in [-0.1, -0.05) is 11.6 Å². The van der Waals surface area contributed by atoms with Gasteiger partial charge in [0.25, 0.3) is 5.91 Å². The monoisotopic (exact) mass is 408 g/mol. The van der Waals surface area contributed by atoms with Crippen molar-refractivity contribution in [1.82, 2.24) is 4.98 Å². The molecule has 3 nitrogen and oxygen atoms in total. The average molecular weight is 411 g/mol. The number of hydrogen-bond donors (Lipinski definition) is 1. The van der Waals surface area contributed by atoms with E-state index >= 15 is 0 Å². The molecule has 0 spiro atoms. The van der Waals surface area contributed by atoms with E-state index in [9.17, 15) is 4.79 Å². The molecule has 0 aliphatic rings. The van der Waals surface area contributed by atoms with Gasteiger partial charge in [-0.3, -0.25) is 4.79 Å². The first-order valence-corrected chi connectivity index (χ1v) is 7.63. The first kappa shape index (κ1) is 14.0. The topological polar surface area (TPSA) is 42.0 Å². The Balaban J connectivity index is 2.26. The molecule has 0 atom stereocenters. The molecule has 0 aromatic carbocycles. The number of nitrogens with zero attached hydrogens (tertiary/aromatic N) is 1. The Labute approximate surface area is 130 Å².